The highest BCUT2D eigenvalue weighted by Crippen LogP contribution is 2.02. The number of carboxylic acids is 1. The molecule has 0 spiro atoms. The lowest BCUT2D eigenvalue weighted by Gasteiger charge is -1.97. The Labute approximate surface area is 68.0 Å². The molecule has 0 aliphatic heterocycles. The van der Waals surface area contributed by atoms with Gasteiger partial charge in [-0.3, -0.25) is 4.79 Å². The summed E-state index contributed by atoms with van der Waals surface area (Å²) in [5.74, 6) is -0.894. The van der Waals surface area contributed by atoms with E-state index in [0.29, 0.717) is 6.41 Å². The molecule has 0 bridgehead atoms. The highest BCUT2D eigenvalue weighted by atomic mass is 16.4. The summed E-state index contributed by atoms with van der Waals surface area (Å²) in [5.41, 5.74) is -0.0955. The van der Waals surface area contributed by atoms with E-state index >= 15 is 0 Å². The fourth-order valence-electron chi connectivity index (χ4n) is 0.695. The van der Waals surface area contributed by atoms with E-state index < -0.39 is 5.97 Å². The van der Waals surface area contributed by atoms with Crippen LogP contribution < -0.4 is 5.32 Å². The van der Waals surface area contributed by atoms with E-state index in [4.69, 9.17) is 5.11 Å². The SMILES string of the molecule is O=CNc1cccc(C(=O)O)n1. The summed E-state index contributed by atoms with van der Waals surface area (Å²) < 4.78 is 0. The molecule has 1 rings (SSSR count). The zero-order chi connectivity index (χ0) is 8.97. The Morgan fingerprint density at radius 1 is 1.58 bits per heavy atom. The van der Waals surface area contributed by atoms with Gasteiger partial charge in [0.25, 0.3) is 0 Å². The molecule has 12 heavy (non-hydrogen) atoms. The quantitative estimate of drug-likeness (QED) is 0.635. The zero-order valence-electron chi connectivity index (χ0n) is 6.02. The number of carbonyl (C=O) groups is 2. The van der Waals surface area contributed by atoms with E-state index in [2.05, 4.69) is 10.3 Å². The third-order valence-electron chi connectivity index (χ3n) is 1.18. The van der Waals surface area contributed by atoms with Crippen LogP contribution in [0, 0.1) is 0 Å². The molecule has 5 heteroatoms. The van der Waals surface area contributed by atoms with Gasteiger partial charge in [0.1, 0.15) is 5.82 Å². The van der Waals surface area contributed by atoms with Crippen LogP contribution in [0.4, 0.5) is 5.82 Å². The van der Waals surface area contributed by atoms with E-state index in [9.17, 15) is 9.59 Å². The summed E-state index contributed by atoms with van der Waals surface area (Å²) in [7, 11) is 0. The number of pyridine rings is 1. The largest absolute Gasteiger partial charge is 0.477 e. The second-order valence-corrected chi connectivity index (χ2v) is 1.98. The van der Waals surface area contributed by atoms with Crippen molar-refractivity contribution in [2.75, 3.05) is 5.32 Å². The summed E-state index contributed by atoms with van der Waals surface area (Å²) in [6, 6.07) is 4.35. The highest BCUT2D eigenvalue weighted by Gasteiger charge is 2.03. The molecule has 62 valence electrons. The normalized spacial score (nSPS) is 9.00. The number of aromatic nitrogens is 1. The van der Waals surface area contributed by atoms with Gasteiger partial charge in [0.05, 0.1) is 0 Å². The maximum Gasteiger partial charge on any atom is 0.354 e. The predicted octanol–water partition coefficient (Wildman–Crippen LogP) is 0.348. The number of anilines is 1. The van der Waals surface area contributed by atoms with E-state index in [-0.39, 0.29) is 11.5 Å². The molecule has 0 radical (unpaired) electrons. The minimum atomic E-state index is -1.12. The summed E-state index contributed by atoms with van der Waals surface area (Å²) >= 11 is 0. The summed E-state index contributed by atoms with van der Waals surface area (Å²) in [6.45, 7) is 0. The van der Waals surface area contributed by atoms with Crippen molar-refractivity contribution in [2.24, 2.45) is 0 Å². The standard InChI is InChI=1S/C7H6N2O3/c10-4-8-6-3-1-2-5(9-6)7(11)12/h1-4H,(H,11,12)(H,8,9,10). The number of carbonyl (C=O) groups excluding carboxylic acids is 1. The van der Waals surface area contributed by atoms with Crippen LogP contribution in [-0.4, -0.2) is 22.5 Å². The fraction of sp³-hybridized carbons (Fsp3) is 0. The van der Waals surface area contributed by atoms with Crippen molar-refractivity contribution in [3.8, 4) is 0 Å². The number of hydrogen-bond donors (Lipinski definition) is 2. The topological polar surface area (TPSA) is 79.3 Å². The molecular weight excluding hydrogens is 160 g/mol. The Hall–Kier alpha value is -1.91. The van der Waals surface area contributed by atoms with Gasteiger partial charge in [0, 0.05) is 0 Å². The molecule has 5 nitrogen and oxygen atoms in total. The Kier molecular flexibility index (Phi) is 2.37. The molecule has 1 amide bonds. The fourth-order valence-corrected chi connectivity index (χ4v) is 0.695. The first kappa shape index (κ1) is 8.19. The summed E-state index contributed by atoms with van der Waals surface area (Å²) in [6.07, 6.45) is 0.438. The van der Waals surface area contributed by atoms with Gasteiger partial charge in [-0.1, -0.05) is 6.07 Å². The number of nitrogens with zero attached hydrogens (tertiary/aromatic N) is 1. The van der Waals surface area contributed by atoms with Gasteiger partial charge in [-0.25, -0.2) is 9.78 Å². The lowest BCUT2D eigenvalue weighted by Crippen LogP contribution is -2.03. The first-order valence-corrected chi connectivity index (χ1v) is 3.14. The van der Waals surface area contributed by atoms with Gasteiger partial charge in [0.15, 0.2) is 5.69 Å². The molecule has 2 N–H and O–H groups in total. The van der Waals surface area contributed by atoms with Crippen LogP contribution in [0.5, 0.6) is 0 Å². The van der Waals surface area contributed by atoms with E-state index in [1.165, 1.54) is 18.2 Å². The number of hydrogen-bond acceptors (Lipinski definition) is 3. The second-order valence-electron chi connectivity index (χ2n) is 1.98. The Balaban J connectivity index is 2.95. The van der Waals surface area contributed by atoms with Gasteiger partial charge in [-0.2, -0.15) is 0 Å². The van der Waals surface area contributed by atoms with E-state index in [0.717, 1.165) is 0 Å². The molecule has 0 fully saturated rings. The molecule has 0 saturated heterocycles. The lowest BCUT2D eigenvalue weighted by molar-refractivity contribution is -0.105. The minimum Gasteiger partial charge on any atom is -0.477 e. The Morgan fingerprint density at radius 2 is 2.33 bits per heavy atom. The monoisotopic (exact) mass is 166 g/mol. The van der Waals surface area contributed by atoms with E-state index in [1.807, 2.05) is 0 Å². The van der Waals surface area contributed by atoms with Crippen molar-refractivity contribution in [1.82, 2.24) is 4.98 Å². The van der Waals surface area contributed by atoms with Crippen LogP contribution in [0.1, 0.15) is 10.5 Å². The van der Waals surface area contributed by atoms with Crippen LogP contribution in [0.15, 0.2) is 18.2 Å². The highest BCUT2D eigenvalue weighted by molar-refractivity contribution is 5.86. The third kappa shape index (κ3) is 1.79. The molecule has 0 aromatic carbocycles. The molecule has 0 unspecified atom stereocenters. The molecule has 1 heterocycles. The van der Waals surface area contributed by atoms with Gasteiger partial charge in [0.2, 0.25) is 6.41 Å². The average molecular weight is 166 g/mol. The first-order chi connectivity index (χ1) is 5.74. The van der Waals surface area contributed by atoms with Gasteiger partial charge in [-0.05, 0) is 12.1 Å². The van der Waals surface area contributed by atoms with Crippen molar-refractivity contribution in [3.05, 3.63) is 23.9 Å². The third-order valence-corrected chi connectivity index (χ3v) is 1.18. The predicted molar refractivity (Wildman–Crippen MR) is 40.9 cm³/mol. The van der Waals surface area contributed by atoms with E-state index in [1.54, 1.807) is 0 Å². The summed E-state index contributed by atoms with van der Waals surface area (Å²) in [5, 5.41) is 10.7. The van der Waals surface area contributed by atoms with Crippen molar-refractivity contribution in [1.29, 1.82) is 0 Å². The van der Waals surface area contributed by atoms with Gasteiger partial charge < -0.3 is 10.4 Å². The lowest BCUT2D eigenvalue weighted by atomic mass is 10.3. The number of carboxylic acid groups (broad SMARTS) is 1. The van der Waals surface area contributed by atoms with Crippen molar-refractivity contribution >= 4 is 18.2 Å². The number of nitrogens with one attached hydrogen (secondary N) is 1. The summed E-state index contributed by atoms with van der Waals surface area (Å²) in [4.78, 5) is 24.0. The molecular formula is C7H6N2O3. The number of rotatable bonds is 3. The van der Waals surface area contributed by atoms with Crippen LogP contribution in [0.2, 0.25) is 0 Å². The van der Waals surface area contributed by atoms with Gasteiger partial charge in [-0.15, -0.1) is 0 Å². The number of aromatic carboxylic acids is 1. The molecule has 1 aromatic heterocycles. The van der Waals surface area contributed by atoms with Crippen molar-refractivity contribution < 1.29 is 14.7 Å². The maximum atomic E-state index is 10.4. The first-order valence-electron chi connectivity index (χ1n) is 3.14. The zero-order valence-corrected chi connectivity index (χ0v) is 6.02. The molecule has 0 aliphatic rings. The smallest absolute Gasteiger partial charge is 0.354 e. The minimum absolute atomic E-state index is 0.0955. The van der Waals surface area contributed by atoms with Crippen LogP contribution >= 0.6 is 0 Å². The van der Waals surface area contributed by atoms with Crippen LogP contribution in [0.3, 0.4) is 0 Å². The van der Waals surface area contributed by atoms with Crippen LogP contribution in [0.25, 0.3) is 0 Å². The molecule has 1 aromatic rings. The number of amides is 1. The molecule has 0 saturated carbocycles. The molecule has 0 atom stereocenters. The van der Waals surface area contributed by atoms with Gasteiger partial charge >= 0.3 is 5.97 Å². The maximum absolute atomic E-state index is 10.4. The van der Waals surface area contributed by atoms with Crippen molar-refractivity contribution in [3.63, 3.8) is 0 Å². The average Bonchev–Trinajstić information content (AvgIpc) is 2.05. The van der Waals surface area contributed by atoms with Crippen LogP contribution in [-0.2, 0) is 4.79 Å². The van der Waals surface area contributed by atoms with Crippen molar-refractivity contribution in [2.45, 2.75) is 0 Å². The Morgan fingerprint density at radius 3 is 2.92 bits per heavy atom. The second kappa shape index (κ2) is 3.47. The molecule has 0 aliphatic carbocycles. The Bertz CT molecular complexity index is 311.